The van der Waals surface area contributed by atoms with Crippen LogP contribution in [-0.4, -0.2) is 15.9 Å². The van der Waals surface area contributed by atoms with Gasteiger partial charge in [-0.3, -0.25) is 4.79 Å². The summed E-state index contributed by atoms with van der Waals surface area (Å²) in [6, 6.07) is 11.8. The average molecular weight is 569 g/mol. The number of alkyl halides is 6. The second-order valence-corrected chi connectivity index (χ2v) is 10.4. The van der Waals surface area contributed by atoms with Gasteiger partial charge in [-0.1, -0.05) is 35.2 Å². The van der Waals surface area contributed by atoms with Crippen LogP contribution in [0.5, 0.6) is 0 Å². The Morgan fingerprint density at radius 2 is 1.66 bits per heavy atom. The Bertz CT molecular complexity index is 1410. The molecule has 5 nitrogen and oxygen atoms in total. The van der Waals surface area contributed by atoms with E-state index in [4.69, 9.17) is 0 Å². The number of benzene rings is 2. The first kappa shape index (κ1) is 27.5. The number of halogens is 6. The summed E-state index contributed by atoms with van der Waals surface area (Å²) in [5.41, 5.74) is -2.36. The smallest absolute Gasteiger partial charge is 0.348 e. The maximum Gasteiger partial charge on any atom is 0.416 e. The molecule has 2 aromatic heterocycles. The number of carbonyl (C=O) groups is 1. The molecule has 198 valence electrons. The number of hydrogen-bond acceptors (Lipinski definition) is 6. The molecular weight excluding hydrogens is 550 g/mol. The summed E-state index contributed by atoms with van der Waals surface area (Å²) >= 11 is 2.72. The molecule has 0 atom stereocenters. The third kappa shape index (κ3) is 7.04. The van der Waals surface area contributed by atoms with Crippen LogP contribution < -0.4 is 10.6 Å². The van der Waals surface area contributed by atoms with Crippen molar-refractivity contribution in [2.75, 3.05) is 5.32 Å². The normalized spacial score (nSPS) is 11.9. The molecule has 0 fully saturated rings. The monoisotopic (exact) mass is 568 g/mol. The summed E-state index contributed by atoms with van der Waals surface area (Å²) < 4.78 is 79.5. The van der Waals surface area contributed by atoms with E-state index in [-0.39, 0.29) is 17.2 Å². The minimum atomic E-state index is -4.97. The van der Waals surface area contributed by atoms with Crippen molar-refractivity contribution in [2.45, 2.75) is 34.9 Å². The van der Waals surface area contributed by atoms with Gasteiger partial charge in [-0.15, -0.1) is 0 Å². The molecule has 0 aliphatic carbocycles. The van der Waals surface area contributed by atoms with E-state index in [9.17, 15) is 31.1 Å². The summed E-state index contributed by atoms with van der Waals surface area (Å²) in [6.07, 6.45) is -6.63. The fraction of sp³-hybridized carbons (Fsp3) is 0.160. The van der Waals surface area contributed by atoms with Crippen molar-refractivity contribution >= 4 is 40.0 Å². The van der Waals surface area contributed by atoms with E-state index in [0.717, 1.165) is 4.21 Å². The van der Waals surface area contributed by atoms with Gasteiger partial charge in [0.1, 0.15) is 5.82 Å². The number of carbonyl (C=O) groups excluding carboxylic acids is 1. The molecule has 38 heavy (non-hydrogen) atoms. The van der Waals surface area contributed by atoms with E-state index in [0.29, 0.717) is 33.5 Å². The lowest BCUT2D eigenvalue weighted by atomic mass is 10.0. The van der Waals surface area contributed by atoms with Gasteiger partial charge in [0, 0.05) is 23.2 Å². The Morgan fingerprint density at radius 3 is 2.29 bits per heavy atom. The van der Waals surface area contributed by atoms with Crippen LogP contribution in [0, 0.1) is 6.92 Å². The quantitative estimate of drug-likeness (QED) is 0.224. The van der Waals surface area contributed by atoms with Crippen molar-refractivity contribution in [3.63, 3.8) is 0 Å². The highest BCUT2D eigenvalue weighted by molar-refractivity contribution is 8.01. The number of nitrogens with zero attached hydrogens (tertiary/aromatic N) is 2. The zero-order valence-corrected chi connectivity index (χ0v) is 21.1. The minimum absolute atomic E-state index is 0.0485. The Morgan fingerprint density at radius 1 is 0.947 bits per heavy atom. The highest BCUT2D eigenvalue weighted by Crippen LogP contribution is 2.37. The summed E-state index contributed by atoms with van der Waals surface area (Å²) in [4.78, 5) is 22.0. The summed E-state index contributed by atoms with van der Waals surface area (Å²) in [7, 11) is 0. The van der Waals surface area contributed by atoms with Gasteiger partial charge in [0.15, 0.2) is 5.13 Å². The molecule has 0 aliphatic rings. The summed E-state index contributed by atoms with van der Waals surface area (Å²) in [5, 5.41) is 6.13. The molecule has 4 rings (SSSR count). The second kappa shape index (κ2) is 11.0. The minimum Gasteiger partial charge on any atom is -0.348 e. The number of aryl methyl sites for hydroxylation is 1. The molecule has 4 aromatic rings. The Balaban J connectivity index is 1.47. The molecule has 0 saturated carbocycles. The van der Waals surface area contributed by atoms with Crippen LogP contribution >= 0.6 is 23.1 Å². The van der Waals surface area contributed by atoms with Crippen LogP contribution in [0.25, 0.3) is 0 Å². The van der Waals surface area contributed by atoms with Gasteiger partial charge in [-0.2, -0.15) is 26.3 Å². The van der Waals surface area contributed by atoms with Crippen LogP contribution in [0.15, 0.2) is 76.1 Å². The van der Waals surface area contributed by atoms with Crippen LogP contribution in [-0.2, 0) is 18.9 Å². The van der Waals surface area contributed by atoms with Crippen LogP contribution in [0.3, 0.4) is 0 Å². The number of aromatic nitrogens is 2. The Labute approximate surface area is 221 Å². The molecule has 0 bridgehead atoms. The van der Waals surface area contributed by atoms with Crippen molar-refractivity contribution in [3.05, 3.63) is 94.8 Å². The van der Waals surface area contributed by atoms with E-state index >= 15 is 0 Å². The maximum atomic E-state index is 13.1. The predicted molar refractivity (Wildman–Crippen MR) is 133 cm³/mol. The Kier molecular flexibility index (Phi) is 7.97. The van der Waals surface area contributed by atoms with Gasteiger partial charge in [0.25, 0.3) is 5.91 Å². The fourth-order valence-electron chi connectivity index (χ4n) is 3.33. The van der Waals surface area contributed by atoms with E-state index in [2.05, 4.69) is 20.6 Å². The molecule has 0 unspecified atom stereocenters. The second-order valence-electron chi connectivity index (χ2n) is 8.00. The van der Waals surface area contributed by atoms with Gasteiger partial charge in [-0.05, 0) is 60.5 Å². The van der Waals surface area contributed by atoms with Gasteiger partial charge in [0.05, 0.1) is 21.5 Å². The molecule has 0 spiro atoms. The number of anilines is 2. The van der Waals surface area contributed by atoms with Crippen molar-refractivity contribution in [2.24, 2.45) is 0 Å². The van der Waals surface area contributed by atoms with E-state index < -0.39 is 35.9 Å². The van der Waals surface area contributed by atoms with Gasteiger partial charge in [0.2, 0.25) is 0 Å². The zero-order valence-electron chi connectivity index (χ0n) is 19.4. The zero-order chi connectivity index (χ0) is 27.5. The lowest BCUT2D eigenvalue weighted by Gasteiger charge is -2.15. The number of nitrogens with one attached hydrogen (secondary N) is 2. The molecular formula is C25H18F6N4OS2. The molecule has 0 radical (unpaired) electrons. The molecule has 0 saturated heterocycles. The molecule has 0 aliphatic heterocycles. The highest BCUT2D eigenvalue weighted by Gasteiger charge is 2.36. The molecule has 1 amide bonds. The maximum absolute atomic E-state index is 13.1. The van der Waals surface area contributed by atoms with Crippen molar-refractivity contribution in [1.29, 1.82) is 0 Å². The molecule has 2 N–H and O–H groups in total. The SMILES string of the molecule is Cc1ccc(Sc2cnc(Nc3ccccn3)s2)cc1C(=O)NCc1cc(C(F)(F)F)cc(C(F)(F)F)c1. The standard InChI is InChI=1S/C25H18F6N4OS2/c1-14-5-6-18(37-21-13-34-23(38-21)35-20-4-2-3-7-32-20)11-19(14)22(36)33-12-15-8-16(24(26,27)28)10-17(9-15)25(29,30)31/h2-11,13H,12H2,1H3,(H,33,36)(H,32,34,35). The first-order chi connectivity index (χ1) is 17.9. The van der Waals surface area contributed by atoms with Crippen LogP contribution in [0.2, 0.25) is 0 Å². The summed E-state index contributed by atoms with van der Waals surface area (Å²) in [5.74, 6) is 0.00792. The average Bonchev–Trinajstić information content (AvgIpc) is 3.29. The number of thiazole rings is 1. The number of pyridine rings is 1. The lowest BCUT2D eigenvalue weighted by Crippen LogP contribution is -2.24. The van der Waals surface area contributed by atoms with E-state index in [1.165, 1.54) is 23.1 Å². The van der Waals surface area contributed by atoms with Crippen LogP contribution in [0.4, 0.5) is 37.3 Å². The van der Waals surface area contributed by atoms with Gasteiger partial charge in [-0.25, -0.2) is 9.97 Å². The topological polar surface area (TPSA) is 66.9 Å². The first-order valence-corrected chi connectivity index (χ1v) is 12.5. The number of rotatable bonds is 7. The van der Waals surface area contributed by atoms with Crippen molar-refractivity contribution < 1.29 is 31.1 Å². The lowest BCUT2D eigenvalue weighted by molar-refractivity contribution is -0.143. The van der Waals surface area contributed by atoms with Gasteiger partial charge >= 0.3 is 12.4 Å². The number of hydrogen-bond donors (Lipinski definition) is 2. The molecule has 2 heterocycles. The largest absolute Gasteiger partial charge is 0.416 e. The van der Waals surface area contributed by atoms with Crippen molar-refractivity contribution in [3.8, 4) is 0 Å². The van der Waals surface area contributed by atoms with E-state index in [1.807, 2.05) is 6.07 Å². The Hall–Kier alpha value is -3.58. The predicted octanol–water partition coefficient (Wildman–Crippen LogP) is 7.71. The van der Waals surface area contributed by atoms with Gasteiger partial charge < -0.3 is 10.6 Å². The van der Waals surface area contributed by atoms with Crippen LogP contribution in [0.1, 0.15) is 32.6 Å². The molecule has 13 heteroatoms. The fourth-order valence-corrected chi connectivity index (χ4v) is 5.23. The highest BCUT2D eigenvalue weighted by atomic mass is 32.2. The number of amides is 1. The molecule has 2 aromatic carbocycles. The third-order valence-electron chi connectivity index (χ3n) is 5.16. The van der Waals surface area contributed by atoms with E-state index in [1.54, 1.807) is 49.6 Å². The summed E-state index contributed by atoms with van der Waals surface area (Å²) in [6.45, 7) is 1.16. The first-order valence-electron chi connectivity index (χ1n) is 10.9. The third-order valence-corrected chi connectivity index (χ3v) is 7.16. The van der Waals surface area contributed by atoms with Crippen molar-refractivity contribution in [1.82, 2.24) is 15.3 Å².